The third-order valence-corrected chi connectivity index (χ3v) is 2.23. The second kappa shape index (κ2) is 4.39. The predicted molar refractivity (Wildman–Crippen MR) is 53.6 cm³/mol. The molecule has 0 saturated heterocycles. The van der Waals surface area contributed by atoms with Crippen molar-refractivity contribution in [1.82, 2.24) is 0 Å². The summed E-state index contributed by atoms with van der Waals surface area (Å²) in [6, 6.07) is 4.33. The van der Waals surface area contributed by atoms with Gasteiger partial charge in [0, 0.05) is 29.2 Å². The number of nitro groups is 1. The summed E-state index contributed by atoms with van der Waals surface area (Å²) in [6.45, 7) is 1.57. The molecule has 0 aliphatic rings. The van der Waals surface area contributed by atoms with E-state index in [9.17, 15) is 10.1 Å². The van der Waals surface area contributed by atoms with Gasteiger partial charge in [-0.2, -0.15) is 0 Å². The molecule has 76 valence electrons. The van der Waals surface area contributed by atoms with Gasteiger partial charge in [-0.1, -0.05) is 18.5 Å². The summed E-state index contributed by atoms with van der Waals surface area (Å²) >= 11 is 5.72. The fraction of sp³-hybridized carbons (Fsp3) is 0.333. The van der Waals surface area contributed by atoms with E-state index in [1.54, 1.807) is 6.92 Å². The van der Waals surface area contributed by atoms with Gasteiger partial charge in [-0.25, -0.2) is 0 Å². The van der Waals surface area contributed by atoms with Crippen LogP contribution in [-0.2, 0) is 0 Å². The first-order valence-electron chi connectivity index (χ1n) is 4.11. The summed E-state index contributed by atoms with van der Waals surface area (Å²) in [5.74, 6) is -0.283. The molecule has 1 unspecified atom stereocenters. The molecule has 0 bridgehead atoms. The van der Waals surface area contributed by atoms with E-state index in [1.165, 1.54) is 18.2 Å². The standard InChI is InChI=1S/C9H10ClNO3/c1-6(5-12)8-4-7(10)2-3-9(8)11(13)14/h2-4,6,12H,5H2,1H3. The van der Waals surface area contributed by atoms with E-state index < -0.39 is 4.92 Å². The zero-order valence-corrected chi connectivity index (χ0v) is 8.36. The van der Waals surface area contributed by atoms with Gasteiger partial charge in [0.2, 0.25) is 0 Å². The van der Waals surface area contributed by atoms with Gasteiger partial charge in [0.15, 0.2) is 0 Å². The number of aliphatic hydroxyl groups excluding tert-OH is 1. The van der Waals surface area contributed by atoms with Gasteiger partial charge in [-0.3, -0.25) is 10.1 Å². The Bertz CT molecular complexity index is 354. The van der Waals surface area contributed by atoms with Crippen LogP contribution in [0.25, 0.3) is 0 Å². The Morgan fingerprint density at radius 2 is 2.29 bits per heavy atom. The molecule has 0 aromatic heterocycles. The molecule has 0 spiro atoms. The van der Waals surface area contributed by atoms with Crippen LogP contribution in [-0.4, -0.2) is 16.6 Å². The van der Waals surface area contributed by atoms with Gasteiger partial charge in [-0.05, 0) is 12.1 Å². The Hall–Kier alpha value is -1.13. The fourth-order valence-corrected chi connectivity index (χ4v) is 1.37. The first-order chi connectivity index (χ1) is 6.56. The van der Waals surface area contributed by atoms with Gasteiger partial charge in [0.1, 0.15) is 0 Å². The van der Waals surface area contributed by atoms with Crippen LogP contribution >= 0.6 is 11.6 Å². The Morgan fingerprint density at radius 1 is 1.64 bits per heavy atom. The van der Waals surface area contributed by atoms with Crippen LogP contribution in [0.1, 0.15) is 18.4 Å². The van der Waals surface area contributed by atoms with Crippen molar-refractivity contribution in [2.45, 2.75) is 12.8 Å². The van der Waals surface area contributed by atoms with E-state index in [0.717, 1.165) is 0 Å². The highest BCUT2D eigenvalue weighted by Gasteiger charge is 2.18. The molecular weight excluding hydrogens is 206 g/mol. The van der Waals surface area contributed by atoms with Crippen LogP contribution in [0, 0.1) is 10.1 Å². The zero-order valence-electron chi connectivity index (χ0n) is 7.61. The van der Waals surface area contributed by atoms with Gasteiger partial charge in [0.05, 0.1) is 4.92 Å². The fourth-order valence-electron chi connectivity index (χ4n) is 1.18. The number of hydrogen-bond acceptors (Lipinski definition) is 3. The van der Waals surface area contributed by atoms with E-state index in [2.05, 4.69) is 0 Å². The minimum absolute atomic E-state index is 0.00375. The van der Waals surface area contributed by atoms with Crippen LogP contribution in [0.2, 0.25) is 5.02 Å². The van der Waals surface area contributed by atoms with Gasteiger partial charge >= 0.3 is 0 Å². The predicted octanol–water partition coefficient (Wildman–Crippen LogP) is 2.34. The topological polar surface area (TPSA) is 63.4 Å². The molecule has 1 aromatic carbocycles. The second-order valence-corrected chi connectivity index (χ2v) is 3.48. The molecule has 1 atom stereocenters. The van der Waals surface area contributed by atoms with Crippen molar-refractivity contribution in [2.24, 2.45) is 0 Å². The minimum atomic E-state index is -0.474. The lowest BCUT2D eigenvalue weighted by Crippen LogP contribution is -2.03. The van der Waals surface area contributed by atoms with Crippen molar-refractivity contribution in [1.29, 1.82) is 0 Å². The van der Waals surface area contributed by atoms with Gasteiger partial charge < -0.3 is 5.11 Å². The number of nitro benzene ring substituents is 1. The summed E-state index contributed by atoms with van der Waals surface area (Å²) in [4.78, 5) is 10.2. The summed E-state index contributed by atoms with van der Waals surface area (Å²) in [5, 5.41) is 20.0. The van der Waals surface area contributed by atoms with Gasteiger partial charge in [-0.15, -0.1) is 0 Å². The Morgan fingerprint density at radius 3 is 2.79 bits per heavy atom. The van der Waals surface area contributed by atoms with Crippen molar-refractivity contribution in [3.63, 3.8) is 0 Å². The van der Waals surface area contributed by atoms with Crippen LogP contribution in [0.15, 0.2) is 18.2 Å². The molecular formula is C9H10ClNO3. The highest BCUT2D eigenvalue weighted by molar-refractivity contribution is 6.30. The number of nitrogens with zero attached hydrogens (tertiary/aromatic N) is 1. The average Bonchev–Trinajstić information content (AvgIpc) is 2.16. The number of halogens is 1. The quantitative estimate of drug-likeness (QED) is 0.622. The third kappa shape index (κ3) is 2.21. The molecule has 0 aliphatic carbocycles. The number of benzene rings is 1. The molecule has 1 N–H and O–H groups in total. The molecule has 14 heavy (non-hydrogen) atoms. The first-order valence-corrected chi connectivity index (χ1v) is 4.48. The average molecular weight is 216 g/mol. The molecule has 0 fully saturated rings. The Labute approximate surface area is 86.3 Å². The first kappa shape index (κ1) is 10.9. The van der Waals surface area contributed by atoms with Crippen LogP contribution in [0.3, 0.4) is 0 Å². The SMILES string of the molecule is CC(CO)c1cc(Cl)ccc1[N+](=O)[O-]. The van der Waals surface area contributed by atoms with Crippen molar-refractivity contribution in [3.8, 4) is 0 Å². The molecule has 0 amide bonds. The lowest BCUT2D eigenvalue weighted by atomic mass is 10.0. The third-order valence-electron chi connectivity index (χ3n) is 1.99. The van der Waals surface area contributed by atoms with Crippen molar-refractivity contribution in [3.05, 3.63) is 38.9 Å². The molecule has 1 rings (SSSR count). The summed E-state index contributed by atoms with van der Waals surface area (Å²) in [6.07, 6.45) is 0. The van der Waals surface area contributed by atoms with E-state index in [0.29, 0.717) is 10.6 Å². The molecule has 1 aromatic rings. The monoisotopic (exact) mass is 215 g/mol. The maximum Gasteiger partial charge on any atom is 0.273 e. The van der Waals surface area contributed by atoms with Crippen molar-refractivity contribution in [2.75, 3.05) is 6.61 Å². The summed E-state index contributed by atoms with van der Waals surface area (Å²) in [5.41, 5.74) is 0.459. The normalized spacial score (nSPS) is 12.5. The highest BCUT2D eigenvalue weighted by Crippen LogP contribution is 2.28. The molecule has 0 heterocycles. The summed E-state index contributed by atoms with van der Waals surface area (Å²) in [7, 11) is 0. The van der Waals surface area contributed by atoms with Crippen molar-refractivity contribution < 1.29 is 10.0 Å². The van der Waals surface area contributed by atoms with Gasteiger partial charge in [0.25, 0.3) is 5.69 Å². The molecule has 0 saturated carbocycles. The largest absolute Gasteiger partial charge is 0.396 e. The lowest BCUT2D eigenvalue weighted by molar-refractivity contribution is -0.385. The summed E-state index contributed by atoms with van der Waals surface area (Å²) < 4.78 is 0. The van der Waals surface area contributed by atoms with E-state index in [-0.39, 0.29) is 18.2 Å². The van der Waals surface area contributed by atoms with E-state index in [4.69, 9.17) is 16.7 Å². The molecule has 4 nitrogen and oxygen atoms in total. The lowest BCUT2D eigenvalue weighted by Gasteiger charge is -2.08. The Balaban J connectivity index is 3.22. The van der Waals surface area contributed by atoms with Crippen LogP contribution in [0.5, 0.6) is 0 Å². The van der Waals surface area contributed by atoms with E-state index >= 15 is 0 Å². The van der Waals surface area contributed by atoms with Crippen molar-refractivity contribution >= 4 is 17.3 Å². The zero-order chi connectivity index (χ0) is 10.7. The molecule has 0 radical (unpaired) electrons. The number of hydrogen-bond donors (Lipinski definition) is 1. The minimum Gasteiger partial charge on any atom is -0.396 e. The number of rotatable bonds is 3. The molecule has 5 heteroatoms. The Kier molecular flexibility index (Phi) is 3.43. The second-order valence-electron chi connectivity index (χ2n) is 3.04. The highest BCUT2D eigenvalue weighted by atomic mass is 35.5. The molecule has 0 aliphatic heterocycles. The van der Waals surface area contributed by atoms with Crippen LogP contribution < -0.4 is 0 Å². The number of aliphatic hydroxyl groups is 1. The van der Waals surface area contributed by atoms with E-state index in [1.807, 2.05) is 0 Å². The maximum absolute atomic E-state index is 10.6. The van der Waals surface area contributed by atoms with Crippen LogP contribution in [0.4, 0.5) is 5.69 Å². The smallest absolute Gasteiger partial charge is 0.273 e. The maximum atomic E-state index is 10.6.